The Kier molecular flexibility index (Phi) is 24.2. The Bertz CT molecular complexity index is 1740. The predicted octanol–water partition coefficient (Wildman–Crippen LogP) is 10.1. The highest BCUT2D eigenvalue weighted by molar-refractivity contribution is 5.04. The topological polar surface area (TPSA) is 38.9 Å². The lowest BCUT2D eigenvalue weighted by Crippen LogP contribution is -2.71. The van der Waals surface area contributed by atoms with Crippen LogP contribution in [-0.2, 0) is 0 Å². The molecule has 16 aliphatic heterocycles. The maximum atomic E-state index is 2.76. The number of fused-ring (bicyclic) bond motifs is 14. The molecule has 14 atom stereocenters. The highest BCUT2D eigenvalue weighted by Gasteiger charge is 2.48. The molecule has 16 heterocycles. The van der Waals surface area contributed by atoms with Crippen LogP contribution in [0.3, 0.4) is 0 Å². The largest absolute Gasteiger partial charge is 0.303 e. The molecule has 82 heavy (non-hydrogen) atoms. The first-order valence-corrected chi connectivity index (χ1v) is 35.6. The summed E-state index contributed by atoms with van der Waals surface area (Å²) in [6.45, 7) is 57.6. The molecule has 1 saturated carbocycles. The first kappa shape index (κ1) is 67.5. The summed E-state index contributed by atoms with van der Waals surface area (Å²) in [5.74, 6) is 4.09. The Morgan fingerprint density at radius 2 is 0.610 bits per heavy atom. The minimum absolute atomic E-state index is 0.736. The van der Waals surface area contributed by atoms with Crippen LogP contribution in [0.4, 0.5) is 0 Å². The second-order valence-electron chi connectivity index (χ2n) is 32.6. The highest BCUT2D eigenvalue weighted by Crippen LogP contribution is 2.45. The van der Waals surface area contributed by atoms with Crippen LogP contribution in [0.25, 0.3) is 0 Å². The van der Waals surface area contributed by atoms with E-state index in [2.05, 4.69) is 212 Å². The fourth-order valence-electron chi connectivity index (χ4n) is 19.2. The highest BCUT2D eigenvalue weighted by atomic mass is 15.4. The van der Waals surface area contributed by atoms with Gasteiger partial charge in [0.15, 0.2) is 0 Å². The van der Waals surface area contributed by atoms with Crippen LogP contribution in [0.15, 0.2) is 0 Å². The van der Waals surface area contributed by atoms with Gasteiger partial charge in [0.1, 0.15) is 0 Å². The smallest absolute Gasteiger partial charge is 0.0244 e. The van der Waals surface area contributed by atoms with E-state index in [4.69, 9.17) is 0 Å². The average molecular weight is 1150 g/mol. The second kappa shape index (κ2) is 29.4. The van der Waals surface area contributed by atoms with Gasteiger partial charge in [-0.15, -0.1) is 0 Å². The van der Waals surface area contributed by atoms with Crippen LogP contribution in [-0.4, -0.2) is 286 Å². The Balaban J connectivity index is 0.000000125. The van der Waals surface area contributed by atoms with Crippen LogP contribution < -0.4 is 0 Å². The van der Waals surface area contributed by atoms with E-state index in [1.54, 1.807) is 0 Å². The molecule has 1 aliphatic carbocycles. The monoisotopic (exact) mass is 1150 g/mol. The van der Waals surface area contributed by atoms with Gasteiger partial charge in [0.05, 0.1) is 0 Å². The van der Waals surface area contributed by atoms with Gasteiger partial charge in [-0.1, -0.05) is 13.8 Å². The minimum atomic E-state index is 0.736. The lowest BCUT2D eigenvalue weighted by Gasteiger charge is -2.59. The number of nitrogens with zero attached hydrogens (tertiary/aromatic N) is 12. The zero-order chi connectivity index (χ0) is 59.8. The van der Waals surface area contributed by atoms with E-state index in [1.165, 1.54) is 156 Å². The van der Waals surface area contributed by atoms with Crippen molar-refractivity contribution in [1.82, 2.24) is 58.8 Å². The molecule has 14 unspecified atom stereocenters. The zero-order valence-corrected chi connectivity index (χ0v) is 58.2. The molecule has 17 fully saturated rings. The number of hydrogen-bond acceptors (Lipinski definition) is 12. The van der Waals surface area contributed by atoms with Crippen LogP contribution >= 0.6 is 0 Å². The van der Waals surface area contributed by atoms with Crippen LogP contribution in [0.1, 0.15) is 202 Å². The van der Waals surface area contributed by atoms with Gasteiger partial charge < -0.3 is 14.7 Å². The summed E-state index contributed by atoms with van der Waals surface area (Å²) >= 11 is 0. The summed E-state index contributed by atoms with van der Waals surface area (Å²) in [5, 5.41) is 0. The number of likely N-dealkylation sites (N-methyl/N-ethyl adjacent to an activating group) is 4. The summed E-state index contributed by atoms with van der Waals surface area (Å²) in [6.07, 6.45) is 17.3. The van der Waals surface area contributed by atoms with Gasteiger partial charge in [-0.3, -0.25) is 44.1 Å². The van der Waals surface area contributed by atoms with Gasteiger partial charge in [0.25, 0.3) is 0 Å². The van der Waals surface area contributed by atoms with E-state index in [0.29, 0.717) is 0 Å². The van der Waals surface area contributed by atoms with Crippen molar-refractivity contribution in [3.8, 4) is 0 Å². The summed E-state index contributed by atoms with van der Waals surface area (Å²) < 4.78 is 0. The maximum Gasteiger partial charge on any atom is 0.0244 e. The molecule has 12 heteroatoms. The molecule has 0 aromatic heterocycles. The van der Waals surface area contributed by atoms with Gasteiger partial charge in [-0.05, 0) is 240 Å². The van der Waals surface area contributed by atoms with Gasteiger partial charge in [-0.25, -0.2) is 0 Å². The van der Waals surface area contributed by atoms with E-state index >= 15 is 0 Å². The number of likely N-dealkylation sites (tertiary alicyclic amines) is 4. The molecule has 0 aromatic rings. The first-order valence-electron chi connectivity index (χ1n) is 35.6. The molecule has 16 saturated heterocycles. The van der Waals surface area contributed by atoms with Crippen molar-refractivity contribution in [2.24, 2.45) is 23.7 Å². The number of piperazine rings is 5. The second-order valence-corrected chi connectivity index (χ2v) is 32.6. The summed E-state index contributed by atoms with van der Waals surface area (Å²) in [7, 11) is 9.06. The SMILES string of the molecule is CC(C)N1C2CCC1CN(C)C2.CC(C)N1CC2CC(C1)N2C.CC(C)N1CC2CC(C1)N2C(C)C.CC(C)N1CC2CC1CN2C.CC(C)N1CC2CCC(C1)N2C.CC1C2CC1CN(C(C)C)C2.CC1CC2CCC(C1)N2C(C)C. The van der Waals surface area contributed by atoms with Crippen molar-refractivity contribution < 1.29 is 0 Å². The molecular weight excluding hydrogens is 1010 g/mol. The van der Waals surface area contributed by atoms with E-state index in [0.717, 1.165) is 145 Å². The van der Waals surface area contributed by atoms with Crippen molar-refractivity contribution in [3.63, 3.8) is 0 Å². The van der Waals surface area contributed by atoms with Crippen molar-refractivity contribution in [2.45, 2.75) is 323 Å². The number of piperidine rings is 5. The molecule has 17 rings (SSSR count). The third-order valence-electron chi connectivity index (χ3n) is 24.4. The molecular formula is C70H138N12. The predicted molar refractivity (Wildman–Crippen MR) is 351 cm³/mol. The molecule has 0 amide bonds. The Hall–Kier alpha value is -0.480. The van der Waals surface area contributed by atoms with Crippen LogP contribution in [0.2, 0.25) is 0 Å². The molecule has 478 valence electrons. The van der Waals surface area contributed by atoms with Gasteiger partial charge in [0.2, 0.25) is 0 Å². The summed E-state index contributed by atoms with van der Waals surface area (Å²) in [4.78, 5) is 31.4. The van der Waals surface area contributed by atoms with E-state index < -0.39 is 0 Å². The van der Waals surface area contributed by atoms with E-state index in [-0.39, 0.29) is 0 Å². The molecule has 12 nitrogen and oxygen atoms in total. The third kappa shape index (κ3) is 16.1. The van der Waals surface area contributed by atoms with Gasteiger partial charge >= 0.3 is 0 Å². The fraction of sp³-hybridized carbons (Fsp3) is 1.00. The normalized spacial score (nSPS) is 39.4. The lowest BCUT2D eigenvalue weighted by molar-refractivity contribution is -0.0955. The summed E-state index contributed by atoms with van der Waals surface area (Å²) in [6, 6.07) is 16.5. The van der Waals surface area contributed by atoms with Crippen molar-refractivity contribution in [1.29, 1.82) is 0 Å². The van der Waals surface area contributed by atoms with Gasteiger partial charge in [0, 0.05) is 199 Å². The minimum Gasteiger partial charge on any atom is -0.303 e. The lowest BCUT2D eigenvalue weighted by atomic mass is 9.62. The molecule has 0 radical (unpaired) electrons. The molecule has 14 bridgehead atoms. The average Bonchev–Trinajstić information content (AvgIpc) is 3.60. The number of rotatable bonds is 8. The van der Waals surface area contributed by atoms with Gasteiger partial charge in [-0.2, -0.15) is 0 Å². The van der Waals surface area contributed by atoms with Crippen molar-refractivity contribution in [3.05, 3.63) is 0 Å². The van der Waals surface area contributed by atoms with Crippen molar-refractivity contribution >= 4 is 0 Å². The van der Waals surface area contributed by atoms with E-state index in [9.17, 15) is 0 Å². The van der Waals surface area contributed by atoms with Crippen LogP contribution in [0, 0.1) is 23.7 Å². The third-order valence-corrected chi connectivity index (χ3v) is 24.4. The molecule has 0 spiro atoms. The molecule has 0 aromatic carbocycles. The summed E-state index contributed by atoms with van der Waals surface area (Å²) in [5.41, 5.74) is 0. The molecule has 0 N–H and O–H groups in total. The zero-order valence-electron chi connectivity index (χ0n) is 58.2. The quantitative estimate of drug-likeness (QED) is 0.233. The fourth-order valence-corrected chi connectivity index (χ4v) is 19.2. The first-order chi connectivity index (χ1) is 38.7. The number of hydrogen-bond donors (Lipinski definition) is 0. The standard InChI is InChI=1S/C11H22N2.C11H21N.2C10H20N2.C10H19N.2C9H18N2/c1-8(2)12-6-10-5-11(7-12)13(10)9(3)4;1-8(2)12-10-4-5-11(12)7-9(3)6-10;1-8(2)12-6-9-4-5-10(7-12)11(9)3;1-8(2)12-9-4-5-10(12)7-11(3)6-9;1-7(2)11-5-9-4-10(6-11)8(9)3;1-7(2)11-6-8-4-9(11)5-10(8)3;1-7(2)11-5-8-4-9(6-11)10(8)3/h8-11H,5-7H2,1-4H3;8-11H,4-7H2,1-3H3;2*8-10H,4-7H2,1-3H3;7-10H,4-6H2,1-3H3;2*7-9H,4-6H2,1-3H3. The van der Waals surface area contributed by atoms with E-state index in [1.807, 2.05) is 0 Å². The molecule has 17 aliphatic rings. The Labute approximate surface area is 509 Å². The Morgan fingerprint density at radius 1 is 0.268 bits per heavy atom. The maximum absolute atomic E-state index is 2.76. The van der Waals surface area contributed by atoms with Crippen LogP contribution in [0.5, 0.6) is 0 Å². The Morgan fingerprint density at radius 3 is 0.976 bits per heavy atom. The van der Waals surface area contributed by atoms with Crippen molar-refractivity contribution in [2.75, 3.05) is 107 Å².